The maximum absolute atomic E-state index is 12.8. The number of carbonyl (C=O) groups excluding carboxylic acids is 1. The molecular formula is C14H20FN3O. The molecule has 0 bridgehead atoms. The van der Waals surface area contributed by atoms with Crippen LogP contribution in [0.1, 0.15) is 42.6 Å². The Balaban J connectivity index is 2.13. The molecule has 0 unspecified atom stereocenters. The van der Waals surface area contributed by atoms with Crippen molar-refractivity contribution in [1.82, 2.24) is 9.88 Å². The summed E-state index contributed by atoms with van der Waals surface area (Å²) in [6.45, 7) is 0.964. The Morgan fingerprint density at radius 3 is 2.68 bits per heavy atom. The van der Waals surface area contributed by atoms with Crippen molar-refractivity contribution in [2.45, 2.75) is 38.1 Å². The van der Waals surface area contributed by atoms with E-state index in [4.69, 9.17) is 5.73 Å². The van der Waals surface area contributed by atoms with E-state index >= 15 is 0 Å². The highest BCUT2D eigenvalue weighted by atomic mass is 19.1. The van der Waals surface area contributed by atoms with Crippen molar-refractivity contribution in [3.05, 3.63) is 29.8 Å². The van der Waals surface area contributed by atoms with E-state index in [1.54, 1.807) is 4.90 Å². The Hall–Kier alpha value is -1.49. The van der Waals surface area contributed by atoms with E-state index in [1.165, 1.54) is 18.6 Å². The number of nitrogens with two attached hydrogens (primary N) is 1. The van der Waals surface area contributed by atoms with Crippen molar-refractivity contribution in [2.75, 3.05) is 13.1 Å². The highest BCUT2D eigenvalue weighted by molar-refractivity contribution is 5.92. The Bertz CT molecular complexity index is 415. The van der Waals surface area contributed by atoms with Crippen LogP contribution in [0.3, 0.4) is 0 Å². The van der Waals surface area contributed by atoms with Crippen molar-refractivity contribution < 1.29 is 9.18 Å². The summed E-state index contributed by atoms with van der Waals surface area (Å²) in [6, 6.07) is 2.95. The summed E-state index contributed by atoms with van der Waals surface area (Å²) < 4.78 is 12.8. The second-order valence-electron chi connectivity index (χ2n) is 4.94. The third-order valence-electron chi connectivity index (χ3n) is 3.59. The summed E-state index contributed by atoms with van der Waals surface area (Å²) in [5.41, 5.74) is 5.89. The first kappa shape index (κ1) is 13.9. The minimum atomic E-state index is -0.431. The molecule has 1 fully saturated rings. The average Bonchev–Trinajstić information content (AvgIpc) is 2.46. The summed E-state index contributed by atoms with van der Waals surface area (Å²) >= 11 is 0. The minimum Gasteiger partial charge on any atom is -0.333 e. The molecule has 0 aliphatic heterocycles. The highest BCUT2D eigenvalue weighted by Crippen LogP contribution is 2.23. The van der Waals surface area contributed by atoms with E-state index in [0.717, 1.165) is 31.9 Å². The van der Waals surface area contributed by atoms with Crippen LogP contribution < -0.4 is 5.73 Å². The quantitative estimate of drug-likeness (QED) is 0.905. The van der Waals surface area contributed by atoms with Gasteiger partial charge in [0.1, 0.15) is 11.5 Å². The van der Waals surface area contributed by atoms with Gasteiger partial charge in [-0.2, -0.15) is 0 Å². The Morgan fingerprint density at radius 1 is 1.37 bits per heavy atom. The summed E-state index contributed by atoms with van der Waals surface area (Å²) in [4.78, 5) is 18.1. The molecule has 4 nitrogen and oxygen atoms in total. The van der Waals surface area contributed by atoms with Crippen molar-refractivity contribution in [3.8, 4) is 0 Å². The van der Waals surface area contributed by atoms with Crippen molar-refractivity contribution in [1.29, 1.82) is 0 Å². The number of hydrogen-bond donors (Lipinski definition) is 1. The fourth-order valence-electron chi connectivity index (χ4n) is 2.63. The Morgan fingerprint density at radius 2 is 2.11 bits per heavy atom. The summed E-state index contributed by atoms with van der Waals surface area (Å²) in [5.74, 6) is -0.572. The van der Waals surface area contributed by atoms with Crippen molar-refractivity contribution in [2.24, 2.45) is 5.73 Å². The zero-order valence-electron chi connectivity index (χ0n) is 11.0. The fourth-order valence-corrected chi connectivity index (χ4v) is 2.63. The molecule has 0 saturated heterocycles. The molecule has 2 N–H and O–H groups in total. The molecule has 0 radical (unpaired) electrons. The first-order valence-electron chi connectivity index (χ1n) is 6.85. The summed E-state index contributed by atoms with van der Waals surface area (Å²) in [6.07, 6.45) is 6.65. The lowest BCUT2D eigenvalue weighted by Crippen LogP contribution is -2.44. The third kappa shape index (κ3) is 3.50. The zero-order chi connectivity index (χ0) is 13.7. The van der Waals surface area contributed by atoms with Gasteiger partial charge in [-0.05, 0) is 25.0 Å². The van der Waals surface area contributed by atoms with Gasteiger partial charge >= 0.3 is 0 Å². The standard InChI is InChI=1S/C14H20FN3O/c15-11-6-7-13(17-10-11)14(19)18(9-8-16)12-4-2-1-3-5-12/h6-7,10,12H,1-5,8-9,16H2. The maximum Gasteiger partial charge on any atom is 0.272 e. The normalized spacial score (nSPS) is 16.3. The van der Waals surface area contributed by atoms with Crippen LogP contribution >= 0.6 is 0 Å². The molecule has 1 aliphatic carbocycles. The SMILES string of the molecule is NCCN(C(=O)c1ccc(F)cn1)C1CCCCC1. The zero-order valence-corrected chi connectivity index (χ0v) is 11.0. The van der Waals surface area contributed by atoms with Gasteiger partial charge in [-0.15, -0.1) is 0 Å². The van der Waals surface area contributed by atoms with Crippen LogP contribution in [0.2, 0.25) is 0 Å². The molecular weight excluding hydrogens is 245 g/mol. The van der Waals surface area contributed by atoms with Gasteiger partial charge in [0.2, 0.25) is 0 Å². The molecule has 1 aliphatic rings. The number of aromatic nitrogens is 1. The van der Waals surface area contributed by atoms with Crippen LogP contribution in [-0.4, -0.2) is 34.9 Å². The molecule has 2 rings (SSSR count). The van der Waals surface area contributed by atoms with E-state index in [9.17, 15) is 9.18 Å². The first-order valence-corrected chi connectivity index (χ1v) is 6.85. The number of carbonyl (C=O) groups is 1. The lowest BCUT2D eigenvalue weighted by molar-refractivity contribution is 0.0635. The number of amides is 1. The van der Waals surface area contributed by atoms with Gasteiger partial charge in [0.05, 0.1) is 6.20 Å². The molecule has 1 saturated carbocycles. The van der Waals surface area contributed by atoms with Gasteiger partial charge < -0.3 is 10.6 Å². The minimum absolute atomic E-state index is 0.141. The molecule has 5 heteroatoms. The smallest absolute Gasteiger partial charge is 0.272 e. The maximum atomic E-state index is 12.8. The molecule has 0 atom stereocenters. The van der Waals surface area contributed by atoms with Gasteiger partial charge in [0.25, 0.3) is 5.91 Å². The van der Waals surface area contributed by atoms with Crippen molar-refractivity contribution >= 4 is 5.91 Å². The van der Waals surface area contributed by atoms with Crippen LogP contribution in [0.4, 0.5) is 4.39 Å². The summed E-state index contributed by atoms with van der Waals surface area (Å²) in [7, 11) is 0. The number of halogens is 1. The lowest BCUT2D eigenvalue weighted by Gasteiger charge is -2.34. The van der Waals surface area contributed by atoms with Crippen molar-refractivity contribution in [3.63, 3.8) is 0 Å². The Labute approximate surface area is 112 Å². The molecule has 1 amide bonds. The predicted octanol–water partition coefficient (Wildman–Crippen LogP) is 1.95. The van der Waals surface area contributed by atoms with Gasteiger partial charge in [0, 0.05) is 19.1 Å². The van der Waals surface area contributed by atoms with E-state index in [0.29, 0.717) is 18.8 Å². The van der Waals surface area contributed by atoms with Crippen LogP contribution in [0, 0.1) is 5.82 Å². The van der Waals surface area contributed by atoms with Gasteiger partial charge in [-0.1, -0.05) is 19.3 Å². The largest absolute Gasteiger partial charge is 0.333 e. The van der Waals surface area contributed by atoms with Gasteiger partial charge in [-0.25, -0.2) is 9.37 Å². The monoisotopic (exact) mass is 265 g/mol. The molecule has 19 heavy (non-hydrogen) atoms. The summed E-state index contributed by atoms with van der Waals surface area (Å²) in [5, 5.41) is 0. The van der Waals surface area contributed by atoms with E-state index < -0.39 is 5.82 Å². The van der Waals surface area contributed by atoms with Gasteiger partial charge in [0.15, 0.2) is 0 Å². The van der Waals surface area contributed by atoms with Crippen LogP contribution in [0.15, 0.2) is 18.3 Å². The molecule has 1 aromatic heterocycles. The third-order valence-corrected chi connectivity index (χ3v) is 3.59. The van der Waals surface area contributed by atoms with E-state index in [1.807, 2.05) is 0 Å². The number of rotatable bonds is 4. The molecule has 0 aromatic carbocycles. The number of pyridine rings is 1. The van der Waals surface area contributed by atoms with Crippen LogP contribution in [-0.2, 0) is 0 Å². The average molecular weight is 265 g/mol. The van der Waals surface area contributed by atoms with Crippen LogP contribution in [0.25, 0.3) is 0 Å². The molecule has 1 aromatic rings. The highest BCUT2D eigenvalue weighted by Gasteiger charge is 2.26. The second kappa shape index (κ2) is 6.61. The second-order valence-corrected chi connectivity index (χ2v) is 4.94. The van der Waals surface area contributed by atoms with E-state index in [-0.39, 0.29) is 11.9 Å². The van der Waals surface area contributed by atoms with E-state index in [2.05, 4.69) is 4.98 Å². The van der Waals surface area contributed by atoms with Gasteiger partial charge in [-0.3, -0.25) is 4.79 Å². The molecule has 1 heterocycles. The molecule has 104 valence electrons. The van der Waals surface area contributed by atoms with Crippen LogP contribution in [0.5, 0.6) is 0 Å². The Kier molecular flexibility index (Phi) is 4.85. The topological polar surface area (TPSA) is 59.2 Å². The number of nitrogens with zero attached hydrogens (tertiary/aromatic N) is 2. The predicted molar refractivity (Wildman–Crippen MR) is 71.2 cm³/mol. The lowest BCUT2D eigenvalue weighted by atomic mass is 9.94. The molecule has 0 spiro atoms. The number of hydrogen-bond acceptors (Lipinski definition) is 3. The fraction of sp³-hybridized carbons (Fsp3) is 0.571. The first-order chi connectivity index (χ1) is 9.22.